The SMILES string of the molecule is CC(C)CCNC(=S)NNC(=O)Cc1ccc(Cl)cc1. The van der Waals surface area contributed by atoms with E-state index in [0.717, 1.165) is 18.5 Å². The summed E-state index contributed by atoms with van der Waals surface area (Å²) in [5.74, 6) is 0.463. The van der Waals surface area contributed by atoms with E-state index in [1.165, 1.54) is 0 Å². The maximum Gasteiger partial charge on any atom is 0.242 e. The molecule has 0 aliphatic heterocycles. The zero-order valence-corrected chi connectivity index (χ0v) is 13.3. The molecule has 4 nitrogen and oxygen atoms in total. The molecule has 0 aromatic heterocycles. The predicted molar refractivity (Wildman–Crippen MR) is 86.5 cm³/mol. The van der Waals surface area contributed by atoms with Gasteiger partial charge in [0.15, 0.2) is 5.11 Å². The molecule has 0 heterocycles. The van der Waals surface area contributed by atoms with E-state index in [2.05, 4.69) is 30.0 Å². The summed E-state index contributed by atoms with van der Waals surface area (Å²) in [5, 5.41) is 4.11. The highest BCUT2D eigenvalue weighted by Crippen LogP contribution is 2.09. The van der Waals surface area contributed by atoms with E-state index < -0.39 is 0 Å². The van der Waals surface area contributed by atoms with Gasteiger partial charge in [0.2, 0.25) is 5.91 Å². The summed E-state index contributed by atoms with van der Waals surface area (Å²) < 4.78 is 0. The number of carbonyl (C=O) groups excluding carboxylic acids is 1. The van der Waals surface area contributed by atoms with E-state index >= 15 is 0 Å². The lowest BCUT2D eigenvalue weighted by Gasteiger charge is -2.12. The minimum atomic E-state index is -0.152. The maximum atomic E-state index is 11.7. The molecule has 1 aromatic carbocycles. The second-order valence-electron chi connectivity index (χ2n) is 4.91. The first-order valence-electron chi connectivity index (χ1n) is 6.54. The van der Waals surface area contributed by atoms with Crippen LogP contribution >= 0.6 is 23.8 Å². The van der Waals surface area contributed by atoms with Crippen molar-refractivity contribution in [1.82, 2.24) is 16.2 Å². The van der Waals surface area contributed by atoms with Crippen LogP contribution in [0.15, 0.2) is 24.3 Å². The molecule has 0 atom stereocenters. The molecular weight excluding hydrogens is 294 g/mol. The summed E-state index contributed by atoms with van der Waals surface area (Å²) in [4.78, 5) is 11.7. The fraction of sp³-hybridized carbons (Fsp3) is 0.429. The molecular formula is C14H20ClN3OS. The summed E-state index contributed by atoms with van der Waals surface area (Å²) in [6.07, 6.45) is 1.30. The number of amides is 1. The molecule has 0 aliphatic carbocycles. The average molecular weight is 314 g/mol. The Morgan fingerprint density at radius 3 is 2.50 bits per heavy atom. The monoisotopic (exact) mass is 313 g/mol. The van der Waals surface area contributed by atoms with Crippen LogP contribution in [-0.4, -0.2) is 17.6 Å². The van der Waals surface area contributed by atoms with Crippen LogP contribution in [0, 0.1) is 5.92 Å². The summed E-state index contributed by atoms with van der Waals surface area (Å²) >= 11 is 10.8. The van der Waals surface area contributed by atoms with Crippen molar-refractivity contribution < 1.29 is 4.79 Å². The third kappa shape index (κ3) is 7.31. The van der Waals surface area contributed by atoms with Crippen molar-refractivity contribution in [3.8, 4) is 0 Å². The zero-order chi connectivity index (χ0) is 15.0. The molecule has 1 rings (SSSR count). The molecule has 0 aliphatic rings. The lowest BCUT2D eigenvalue weighted by Crippen LogP contribution is -2.47. The van der Waals surface area contributed by atoms with Crippen molar-refractivity contribution in [3.63, 3.8) is 0 Å². The highest BCUT2D eigenvalue weighted by atomic mass is 35.5. The number of hydrazine groups is 1. The number of hydrogen-bond acceptors (Lipinski definition) is 2. The first kappa shape index (κ1) is 16.7. The Hall–Kier alpha value is -1.33. The molecule has 110 valence electrons. The van der Waals surface area contributed by atoms with Crippen LogP contribution in [0.3, 0.4) is 0 Å². The van der Waals surface area contributed by atoms with E-state index in [4.69, 9.17) is 23.8 Å². The van der Waals surface area contributed by atoms with Crippen molar-refractivity contribution in [2.75, 3.05) is 6.54 Å². The third-order valence-electron chi connectivity index (χ3n) is 2.60. The molecule has 6 heteroatoms. The van der Waals surface area contributed by atoms with Crippen molar-refractivity contribution in [1.29, 1.82) is 0 Å². The van der Waals surface area contributed by atoms with E-state index in [9.17, 15) is 4.79 Å². The minimum absolute atomic E-state index is 0.152. The zero-order valence-electron chi connectivity index (χ0n) is 11.7. The predicted octanol–water partition coefficient (Wildman–Crippen LogP) is 2.42. The quantitative estimate of drug-likeness (QED) is 0.577. The molecule has 20 heavy (non-hydrogen) atoms. The van der Waals surface area contributed by atoms with Gasteiger partial charge in [-0.05, 0) is 42.3 Å². The average Bonchev–Trinajstić information content (AvgIpc) is 2.39. The highest BCUT2D eigenvalue weighted by molar-refractivity contribution is 7.80. The van der Waals surface area contributed by atoms with Gasteiger partial charge in [-0.3, -0.25) is 15.6 Å². The van der Waals surface area contributed by atoms with Crippen LogP contribution in [0.4, 0.5) is 0 Å². The van der Waals surface area contributed by atoms with Crippen LogP contribution < -0.4 is 16.2 Å². The normalized spacial score (nSPS) is 10.2. The van der Waals surface area contributed by atoms with Crippen LogP contribution in [-0.2, 0) is 11.2 Å². The van der Waals surface area contributed by atoms with Gasteiger partial charge in [0.25, 0.3) is 0 Å². The van der Waals surface area contributed by atoms with E-state index in [1.807, 2.05) is 12.1 Å². The molecule has 0 saturated heterocycles. The second-order valence-corrected chi connectivity index (χ2v) is 5.76. The first-order valence-corrected chi connectivity index (χ1v) is 7.33. The number of benzene rings is 1. The van der Waals surface area contributed by atoms with Gasteiger partial charge < -0.3 is 5.32 Å². The Bertz CT molecular complexity index is 448. The lowest BCUT2D eigenvalue weighted by molar-refractivity contribution is -0.121. The maximum absolute atomic E-state index is 11.7. The van der Waals surface area contributed by atoms with Gasteiger partial charge in [0.05, 0.1) is 6.42 Å². The van der Waals surface area contributed by atoms with Crippen LogP contribution in [0.2, 0.25) is 5.02 Å². The Morgan fingerprint density at radius 2 is 1.90 bits per heavy atom. The van der Waals surface area contributed by atoms with Gasteiger partial charge in [-0.15, -0.1) is 0 Å². The van der Waals surface area contributed by atoms with E-state index in [0.29, 0.717) is 16.1 Å². The van der Waals surface area contributed by atoms with Crippen molar-refractivity contribution in [3.05, 3.63) is 34.9 Å². The number of hydrogen-bond donors (Lipinski definition) is 3. The van der Waals surface area contributed by atoms with E-state index in [1.54, 1.807) is 12.1 Å². The standard InChI is InChI=1S/C14H20ClN3OS/c1-10(2)7-8-16-14(20)18-17-13(19)9-11-3-5-12(15)6-4-11/h3-6,10H,7-9H2,1-2H3,(H,17,19)(H2,16,18,20). The van der Waals surface area contributed by atoms with Gasteiger partial charge in [0.1, 0.15) is 0 Å². The van der Waals surface area contributed by atoms with Crippen LogP contribution in [0.25, 0.3) is 0 Å². The molecule has 0 saturated carbocycles. The number of thiocarbonyl (C=S) groups is 1. The Morgan fingerprint density at radius 1 is 1.25 bits per heavy atom. The summed E-state index contributed by atoms with van der Waals surface area (Å²) in [5.41, 5.74) is 6.14. The molecule has 3 N–H and O–H groups in total. The molecule has 0 bridgehead atoms. The first-order chi connectivity index (χ1) is 9.47. The van der Waals surface area contributed by atoms with Crippen molar-refractivity contribution in [2.24, 2.45) is 5.92 Å². The summed E-state index contributed by atoms with van der Waals surface area (Å²) in [6.45, 7) is 5.08. The minimum Gasteiger partial charge on any atom is -0.361 e. The Labute approximate surface area is 130 Å². The van der Waals surface area contributed by atoms with Crippen molar-refractivity contribution in [2.45, 2.75) is 26.7 Å². The van der Waals surface area contributed by atoms with Gasteiger partial charge in [-0.1, -0.05) is 37.6 Å². The fourth-order valence-electron chi connectivity index (χ4n) is 1.48. The molecule has 1 aromatic rings. The Balaban J connectivity index is 2.22. The van der Waals surface area contributed by atoms with Gasteiger partial charge in [-0.25, -0.2) is 0 Å². The third-order valence-corrected chi connectivity index (χ3v) is 3.10. The van der Waals surface area contributed by atoms with Crippen LogP contribution in [0.5, 0.6) is 0 Å². The van der Waals surface area contributed by atoms with Gasteiger partial charge in [-0.2, -0.15) is 0 Å². The number of rotatable bonds is 5. The number of halogens is 1. The molecule has 0 radical (unpaired) electrons. The molecule has 0 spiro atoms. The highest BCUT2D eigenvalue weighted by Gasteiger charge is 2.04. The molecule has 1 amide bonds. The topological polar surface area (TPSA) is 53.2 Å². The van der Waals surface area contributed by atoms with Crippen LogP contribution in [0.1, 0.15) is 25.8 Å². The second kappa shape index (κ2) is 8.76. The molecule has 0 fully saturated rings. The smallest absolute Gasteiger partial charge is 0.242 e. The number of nitrogens with one attached hydrogen (secondary N) is 3. The van der Waals surface area contributed by atoms with Gasteiger partial charge >= 0.3 is 0 Å². The fourth-order valence-corrected chi connectivity index (χ4v) is 1.76. The van der Waals surface area contributed by atoms with E-state index in [-0.39, 0.29) is 12.3 Å². The molecule has 0 unspecified atom stereocenters. The number of carbonyl (C=O) groups is 1. The largest absolute Gasteiger partial charge is 0.361 e. The Kier molecular flexibility index (Phi) is 7.33. The summed E-state index contributed by atoms with van der Waals surface area (Å²) in [6, 6.07) is 7.16. The van der Waals surface area contributed by atoms with Gasteiger partial charge in [0, 0.05) is 11.6 Å². The summed E-state index contributed by atoms with van der Waals surface area (Å²) in [7, 11) is 0. The lowest BCUT2D eigenvalue weighted by atomic mass is 10.1. The van der Waals surface area contributed by atoms with Crippen molar-refractivity contribution >= 4 is 34.8 Å².